The summed E-state index contributed by atoms with van der Waals surface area (Å²) in [4.78, 5) is 26.4. The topological polar surface area (TPSA) is 108 Å². The maximum atomic E-state index is 13.3. The Bertz CT molecular complexity index is 1480. The monoisotopic (exact) mass is 582 g/mol. The van der Waals surface area contributed by atoms with E-state index in [0.717, 1.165) is 11.1 Å². The second-order valence-electron chi connectivity index (χ2n) is 9.75. The molecule has 0 aromatic heterocycles. The van der Waals surface area contributed by atoms with Crippen molar-refractivity contribution in [3.8, 4) is 34.5 Å². The molecule has 10 nitrogen and oxygen atoms in total. The molecule has 6 rings (SSSR count). The minimum atomic E-state index is -0.801. The van der Waals surface area contributed by atoms with Gasteiger partial charge < -0.3 is 37.9 Å². The van der Waals surface area contributed by atoms with Crippen molar-refractivity contribution in [1.29, 1.82) is 0 Å². The van der Waals surface area contributed by atoms with Crippen LogP contribution in [0.15, 0.2) is 48.5 Å². The van der Waals surface area contributed by atoms with Crippen LogP contribution in [0.3, 0.4) is 0 Å². The van der Waals surface area contributed by atoms with Gasteiger partial charge in [0.15, 0.2) is 29.6 Å². The van der Waals surface area contributed by atoms with E-state index in [1.54, 1.807) is 30.3 Å². The number of methoxy groups -OCH3 is 3. The number of rotatable bonds is 8. The lowest BCUT2D eigenvalue weighted by Gasteiger charge is -2.38. The van der Waals surface area contributed by atoms with Crippen LogP contribution in [0.25, 0.3) is 0 Å². The fourth-order valence-electron chi connectivity index (χ4n) is 5.82. The number of halogens is 1. The summed E-state index contributed by atoms with van der Waals surface area (Å²) in [7, 11) is 4.58. The lowest BCUT2D eigenvalue weighted by Crippen LogP contribution is -2.37. The fourth-order valence-corrected chi connectivity index (χ4v) is 6.00. The van der Waals surface area contributed by atoms with Gasteiger partial charge in [-0.15, -0.1) is 0 Å². The van der Waals surface area contributed by atoms with Crippen molar-refractivity contribution in [3.05, 3.63) is 70.2 Å². The van der Waals surface area contributed by atoms with E-state index in [1.165, 1.54) is 21.3 Å². The Morgan fingerprint density at radius 1 is 0.927 bits per heavy atom. The van der Waals surface area contributed by atoms with Crippen molar-refractivity contribution in [1.82, 2.24) is 0 Å². The summed E-state index contributed by atoms with van der Waals surface area (Å²) >= 11 is 6.03. The molecule has 41 heavy (non-hydrogen) atoms. The highest BCUT2D eigenvalue weighted by molar-refractivity contribution is 6.30. The lowest BCUT2D eigenvalue weighted by atomic mass is 9.66. The second-order valence-corrected chi connectivity index (χ2v) is 10.2. The standard InChI is InChI=1S/C30H27ClO10/c1-34-23-7-15(8-24(35-2)29(23)36-3)26-18-10-21-22(40-14-39-21)11-19(18)28(20-12-38-30(33)27(20)26)41-25(32)13-37-17-6-4-5-16(31)9-17/h4-11,20,26-28H,12-14H2,1-3H3/t20?,26-,27+,28+/m1/s1. The Balaban J connectivity index is 1.41. The number of hydrogen-bond donors (Lipinski definition) is 0. The number of hydrogen-bond acceptors (Lipinski definition) is 10. The van der Waals surface area contributed by atoms with Crippen LogP contribution in [0.1, 0.15) is 28.7 Å². The Morgan fingerprint density at radius 3 is 2.29 bits per heavy atom. The van der Waals surface area contributed by atoms with E-state index in [1.807, 2.05) is 18.2 Å². The first-order valence-electron chi connectivity index (χ1n) is 12.9. The molecule has 214 valence electrons. The van der Waals surface area contributed by atoms with Gasteiger partial charge in [-0.3, -0.25) is 4.79 Å². The first-order chi connectivity index (χ1) is 19.9. The molecule has 1 fully saturated rings. The second kappa shape index (κ2) is 10.9. The van der Waals surface area contributed by atoms with Gasteiger partial charge in [-0.1, -0.05) is 17.7 Å². The number of esters is 2. The molecule has 0 amide bonds. The summed E-state index contributed by atoms with van der Waals surface area (Å²) in [5, 5.41) is 0.482. The van der Waals surface area contributed by atoms with Crippen LogP contribution >= 0.6 is 11.6 Å². The van der Waals surface area contributed by atoms with Gasteiger partial charge in [0.2, 0.25) is 12.5 Å². The Labute approximate surface area is 240 Å². The summed E-state index contributed by atoms with van der Waals surface area (Å²) in [5.74, 6) is 0.151. The molecule has 0 radical (unpaired) electrons. The van der Waals surface area contributed by atoms with Gasteiger partial charge in [-0.25, -0.2) is 4.79 Å². The number of ether oxygens (including phenoxy) is 8. The van der Waals surface area contributed by atoms with Crippen molar-refractivity contribution < 1.29 is 47.5 Å². The molecule has 4 atom stereocenters. The Hall–Kier alpha value is -4.31. The molecule has 11 heteroatoms. The molecule has 1 unspecified atom stereocenters. The third-order valence-electron chi connectivity index (χ3n) is 7.58. The van der Waals surface area contributed by atoms with Gasteiger partial charge in [-0.2, -0.15) is 0 Å². The number of benzene rings is 3. The lowest BCUT2D eigenvalue weighted by molar-refractivity contribution is -0.156. The zero-order valence-corrected chi connectivity index (χ0v) is 23.3. The van der Waals surface area contributed by atoms with Crippen LogP contribution in [-0.4, -0.2) is 53.3 Å². The summed E-state index contributed by atoms with van der Waals surface area (Å²) in [5.41, 5.74) is 2.16. The van der Waals surface area contributed by atoms with E-state index in [4.69, 9.17) is 49.5 Å². The van der Waals surface area contributed by atoms with Crippen LogP contribution in [0.2, 0.25) is 5.02 Å². The predicted molar refractivity (Wildman–Crippen MR) is 144 cm³/mol. The molecule has 0 saturated carbocycles. The molecule has 1 saturated heterocycles. The molecule has 3 aromatic rings. The number of cyclic esters (lactones) is 1. The Morgan fingerprint density at radius 2 is 1.63 bits per heavy atom. The van der Waals surface area contributed by atoms with Gasteiger partial charge in [0.1, 0.15) is 11.9 Å². The average Bonchev–Trinajstić information content (AvgIpc) is 3.60. The summed E-state index contributed by atoms with van der Waals surface area (Å²) < 4.78 is 45.2. The van der Waals surface area contributed by atoms with Crippen molar-refractivity contribution in [3.63, 3.8) is 0 Å². The number of carbonyl (C=O) groups is 2. The van der Waals surface area contributed by atoms with E-state index in [0.29, 0.717) is 45.1 Å². The highest BCUT2D eigenvalue weighted by atomic mass is 35.5. The van der Waals surface area contributed by atoms with Crippen molar-refractivity contribution >= 4 is 23.5 Å². The highest BCUT2D eigenvalue weighted by Crippen LogP contribution is 2.56. The molecule has 3 aliphatic rings. The van der Waals surface area contributed by atoms with Gasteiger partial charge in [-0.05, 0) is 53.6 Å². The first kappa shape index (κ1) is 26.9. The molecular formula is C30H27ClO10. The van der Waals surface area contributed by atoms with Crippen molar-refractivity contribution in [2.24, 2.45) is 11.8 Å². The zero-order valence-electron chi connectivity index (χ0n) is 22.5. The maximum Gasteiger partial charge on any atom is 0.344 e. The summed E-state index contributed by atoms with van der Waals surface area (Å²) in [6.07, 6.45) is -0.801. The maximum absolute atomic E-state index is 13.3. The first-order valence-corrected chi connectivity index (χ1v) is 13.3. The van der Waals surface area contributed by atoms with E-state index < -0.39 is 35.8 Å². The fraction of sp³-hybridized carbons (Fsp3) is 0.333. The third-order valence-corrected chi connectivity index (χ3v) is 7.81. The molecule has 2 heterocycles. The van der Waals surface area contributed by atoms with E-state index in [2.05, 4.69) is 0 Å². The van der Waals surface area contributed by atoms with Crippen molar-refractivity contribution in [2.75, 3.05) is 41.3 Å². The molecule has 1 aliphatic carbocycles. The van der Waals surface area contributed by atoms with Crippen LogP contribution in [0.4, 0.5) is 0 Å². The quantitative estimate of drug-likeness (QED) is 0.347. The molecular weight excluding hydrogens is 556 g/mol. The molecule has 2 aliphatic heterocycles. The highest BCUT2D eigenvalue weighted by Gasteiger charge is 2.54. The number of fused-ring (bicyclic) bond motifs is 3. The molecule has 0 spiro atoms. The van der Waals surface area contributed by atoms with Gasteiger partial charge in [0.05, 0.1) is 33.9 Å². The Kier molecular flexibility index (Phi) is 7.17. The van der Waals surface area contributed by atoms with Crippen molar-refractivity contribution in [2.45, 2.75) is 12.0 Å². The van der Waals surface area contributed by atoms with Gasteiger partial charge >= 0.3 is 11.9 Å². The smallest absolute Gasteiger partial charge is 0.344 e. The minimum absolute atomic E-state index is 0.0555. The van der Waals surface area contributed by atoms with Gasteiger partial charge in [0, 0.05) is 22.4 Å². The zero-order chi connectivity index (χ0) is 28.7. The third kappa shape index (κ3) is 4.82. The van der Waals surface area contributed by atoms with Crippen LogP contribution in [0, 0.1) is 11.8 Å². The molecule has 0 bridgehead atoms. The van der Waals surface area contributed by atoms with Crippen LogP contribution < -0.4 is 28.4 Å². The minimum Gasteiger partial charge on any atom is -0.493 e. The average molecular weight is 583 g/mol. The SMILES string of the molecule is COc1cc([C@@H]2c3cc4c(cc3[C@H](OC(=O)COc3cccc(Cl)c3)C3COC(=O)[C@@H]32)OCO4)cc(OC)c1OC. The van der Waals surface area contributed by atoms with Gasteiger partial charge in [0.25, 0.3) is 0 Å². The summed E-state index contributed by atoms with van der Waals surface area (Å²) in [6.45, 7) is -0.218. The number of carbonyl (C=O) groups excluding carboxylic acids is 2. The van der Waals surface area contributed by atoms with E-state index in [9.17, 15) is 9.59 Å². The predicted octanol–water partition coefficient (Wildman–Crippen LogP) is 4.69. The largest absolute Gasteiger partial charge is 0.493 e. The van der Waals surface area contributed by atoms with Crippen LogP contribution in [0.5, 0.6) is 34.5 Å². The molecule has 0 N–H and O–H groups in total. The van der Waals surface area contributed by atoms with Crippen LogP contribution in [-0.2, 0) is 19.1 Å². The van der Waals surface area contributed by atoms with E-state index in [-0.39, 0.29) is 20.0 Å². The van der Waals surface area contributed by atoms with E-state index >= 15 is 0 Å². The molecule has 3 aromatic carbocycles. The summed E-state index contributed by atoms with van der Waals surface area (Å²) in [6, 6.07) is 14.0. The normalized spacial score (nSPS) is 21.8.